The van der Waals surface area contributed by atoms with Gasteiger partial charge < -0.3 is 4.42 Å². The van der Waals surface area contributed by atoms with Gasteiger partial charge in [-0.2, -0.15) is 17.6 Å². The zero-order valence-corrected chi connectivity index (χ0v) is 20.6. The van der Waals surface area contributed by atoms with Crippen molar-refractivity contribution in [1.82, 2.24) is 24.0 Å². The van der Waals surface area contributed by atoms with E-state index >= 15 is 0 Å². The van der Waals surface area contributed by atoms with Gasteiger partial charge in [-0.15, -0.1) is 0 Å². The predicted molar refractivity (Wildman–Crippen MR) is 131 cm³/mol. The fraction of sp³-hybridized carbons (Fsp3) is 0.333. The smallest absolute Gasteiger partial charge is 0.283 e. The van der Waals surface area contributed by atoms with Crippen molar-refractivity contribution in [3.05, 3.63) is 65.6 Å². The van der Waals surface area contributed by atoms with Crippen LogP contribution in [0.5, 0.6) is 0 Å². The highest BCUT2D eigenvalue weighted by molar-refractivity contribution is 7.90. The lowest BCUT2D eigenvalue weighted by molar-refractivity contribution is 0.0992. The normalized spacial score (nSPS) is 16.0. The molecule has 4 aromatic rings. The molecule has 1 aliphatic heterocycles. The molecule has 2 aromatic carbocycles. The highest BCUT2D eigenvalue weighted by atomic mass is 35.5. The molecular formula is C24H26ClN5O3S. The van der Waals surface area contributed by atoms with Crippen molar-refractivity contribution >= 4 is 32.5 Å². The standard InChI is InChI=1S/C24H26ClN5O3S/c1-17(2)29-10-8-28(9-11-29)16-19-14-26-24(33-19)21-12-18(25)13-23-22(21)15-27-30(23)34(31,32)20-6-4-3-5-7-20/h3-7,12-15,17H,8-11,16H2,1-2H3. The van der Waals surface area contributed by atoms with Crippen LogP contribution >= 0.6 is 11.6 Å². The summed E-state index contributed by atoms with van der Waals surface area (Å²) in [5, 5.41) is 5.15. The summed E-state index contributed by atoms with van der Waals surface area (Å²) in [4.78, 5) is 9.43. The second-order valence-corrected chi connectivity index (χ2v) is 10.9. The Kier molecular flexibility index (Phi) is 6.20. The van der Waals surface area contributed by atoms with Crippen LogP contribution in [0.2, 0.25) is 5.02 Å². The van der Waals surface area contributed by atoms with Gasteiger partial charge in [0.2, 0.25) is 5.89 Å². The summed E-state index contributed by atoms with van der Waals surface area (Å²) < 4.78 is 33.4. The van der Waals surface area contributed by atoms with E-state index in [0.717, 1.165) is 36.0 Å². The van der Waals surface area contributed by atoms with Crippen LogP contribution in [-0.4, -0.2) is 64.6 Å². The Hall–Kier alpha value is -2.72. The highest BCUT2D eigenvalue weighted by Gasteiger charge is 2.24. The minimum absolute atomic E-state index is 0.150. The number of oxazole rings is 1. The summed E-state index contributed by atoms with van der Waals surface area (Å²) in [6, 6.07) is 12.1. The van der Waals surface area contributed by atoms with E-state index < -0.39 is 10.0 Å². The average Bonchev–Trinajstić information content (AvgIpc) is 3.47. The minimum Gasteiger partial charge on any atom is -0.440 e. The number of fused-ring (bicyclic) bond motifs is 1. The van der Waals surface area contributed by atoms with E-state index in [1.807, 2.05) is 0 Å². The van der Waals surface area contributed by atoms with Gasteiger partial charge >= 0.3 is 0 Å². The van der Waals surface area contributed by atoms with Crippen LogP contribution in [0, 0.1) is 0 Å². The lowest BCUT2D eigenvalue weighted by Gasteiger charge is -2.36. The van der Waals surface area contributed by atoms with Crippen LogP contribution in [0.25, 0.3) is 22.4 Å². The van der Waals surface area contributed by atoms with Crippen LogP contribution in [0.4, 0.5) is 0 Å². The molecule has 1 aliphatic rings. The summed E-state index contributed by atoms with van der Waals surface area (Å²) in [5.74, 6) is 1.14. The molecule has 2 aromatic heterocycles. The maximum atomic E-state index is 13.2. The fourth-order valence-electron chi connectivity index (χ4n) is 4.29. The molecular weight excluding hydrogens is 474 g/mol. The Labute approximate surface area is 203 Å². The molecule has 34 heavy (non-hydrogen) atoms. The second kappa shape index (κ2) is 9.14. The maximum absolute atomic E-state index is 13.2. The predicted octanol–water partition coefficient (Wildman–Crippen LogP) is 4.11. The third-order valence-electron chi connectivity index (χ3n) is 6.19. The first-order chi connectivity index (χ1) is 16.3. The summed E-state index contributed by atoms with van der Waals surface area (Å²) in [6.07, 6.45) is 3.23. The molecule has 0 amide bonds. The lowest BCUT2D eigenvalue weighted by atomic mass is 10.1. The summed E-state index contributed by atoms with van der Waals surface area (Å²) in [7, 11) is -3.88. The van der Waals surface area contributed by atoms with Crippen molar-refractivity contribution in [1.29, 1.82) is 0 Å². The zero-order chi connectivity index (χ0) is 23.9. The number of nitrogens with zero attached hydrogens (tertiary/aromatic N) is 5. The monoisotopic (exact) mass is 499 g/mol. The summed E-state index contributed by atoms with van der Waals surface area (Å²) >= 11 is 6.38. The molecule has 0 atom stereocenters. The topological polar surface area (TPSA) is 84.5 Å². The van der Waals surface area contributed by atoms with E-state index in [1.165, 1.54) is 18.3 Å². The summed E-state index contributed by atoms with van der Waals surface area (Å²) in [6.45, 7) is 9.11. The molecule has 1 saturated heterocycles. The Morgan fingerprint density at radius 1 is 1.06 bits per heavy atom. The van der Waals surface area contributed by atoms with E-state index in [4.69, 9.17) is 16.0 Å². The minimum atomic E-state index is -3.88. The number of hydrogen-bond acceptors (Lipinski definition) is 7. The Bertz CT molecular complexity index is 1410. The number of aromatic nitrogens is 3. The van der Waals surface area contributed by atoms with Gasteiger partial charge in [0.25, 0.3) is 10.0 Å². The number of halogens is 1. The van der Waals surface area contributed by atoms with E-state index in [1.54, 1.807) is 36.5 Å². The molecule has 10 heteroatoms. The fourth-order valence-corrected chi connectivity index (χ4v) is 5.79. The molecule has 3 heterocycles. The zero-order valence-electron chi connectivity index (χ0n) is 19.1. The van der Waals surface area contributed by atoms with E-state index in [2.05, 4.69) is 33.7 Å². The molecule has 1 fully saturated rings. The van der Waals surface area contributed by atoms with Gasteiger partial charge in [0.05, 0.1) is 29.4 Å². The Morgan fingerprint density at radius 2 is 1.79 bits per heavy atom. The molecule has 178 valence electrons. The number of rotatable bonds is 6. The first kappa shape index (κ1) is 23.0. The number of hydrogen-bond donors (Lipinski definition) is 0. The third-order valence-corrected chi connectivity index (χ3v) is 8.02. The highest BCUT2D eigenvalue weighted by Crippen LogP contribution is 2.33. The SMILES string of the molecule is CC(C)N1CCN(Cc2cnc(-c3cc(Cl)cc4c3cnn4S(=O)(=O)c3ccccc3)o2)CC1. The molecule has 0 spiro atoms. The van der Waals surface area contributed by atoms with Gasteiger partial charge in [-0.1, -0.05) is 29.8 Å². The average molecular weight is 500 g/mol. The molecule has 0 N–H and O–H groups in total. The summed E-state index contributed by atoms with van der Waals surface area (Å²) in [5.41, 5.74) is 0.976. The maximum Gasteiger partial charge on any atom is 0.283 e. The van der Waals surface area contributed by atoms with Crippen LogP contribution < -0.4 is 0 Å². The second-order valence-electron chi connectivity index (χ2n) is 8.73. The molecule has 8 nitrogen and oxygen atoms in total. The molecule has 0 aliphatic carbocycles. The van der Waals surface area contributed by atoms with Gasteiger partial charge in [-0.05, 0) is 38.1 Å². The van der Waals surface area contributed by atoms with Crippen molar-refractivity contribution < 1.29 is 12.8 Å². The van der Waals surface area contributed by atoms with Crippen LogP contribution in [0.1, 0.15) is 19.6 Å². The van der Waals surface area contributed by atoms with E-state index in [-0.39, 0.29) is 4.90 Å². The van der Waals surface area contributed by atoms with Crippen molar-refractivity contribution in [2.75, 3.05) is 26.2 Å². The van der Waals surface area contributed by atoms with Gasteiger partial charge in [0, 0.05) is 48.2 Å². The van der Waals surface area contributed by atoms with Gasteiger partial charge in [0.15, 0.2) is 0 Å². The van der Waals surface area contributed by atoms with Crippen molar-refractivity contribution in [3.63, 3.8) is 0 Å². The third kappa shape index (κ3) is 4.36. The molecule has 0 radical (unpaired) electrons. The van der Waals surface area contributed by atoms with Crippen molar-refractivity contribution in [2.45, 2.75) is 31.3 Å². The number of benzene rings is 2. The van der Waals surface area contributed by atoms with Crippen molar-refractivity contribution in [3.8, 4) is 11.5 Å². The van der Waals surface area contributed by atoms with Crippen LogP contribution in [-0.2, 0) is 16.6 Å². The van der Waals surface area contributed by atoms with Crippen molar-refractivity contribution in [2.24, 2.45) is 0 Å². The molecule has 5 rings (SSSR count). The first-order valence-corrected chi connectivity index (χ1v) is 13.0. The number of piperazine rings is 1. The molecule has 0 saturated carbocycles. The molecule has 0 bridgehead atoms. The van der Waals surface area contributed by atoms with E-state index in [0.29, 0.717) is 40.0 Å². The Balaban J connectivity index is 1.44. The van der Waals surface area contributed by atoms with Gasteiger partial charge in [-0.25, -0.2) is 4.98 Å². The van der Waals surface area contributed by atoms with Crippen LogP contribution in [0.15, 0.2) is 64.2 Å². The van der Waals surface area contributed by atoms with Gasteiger partial charge in [-0.3, -0.25) is 9.80 Å². The van der Waals surface area contributed by atoms with E-state index in [9.17, 15) is 8.42 Å². The Morgan fingerprint density at radius 3 is 2.50 bits per heavy atom. The largest absolute Gasteiger partial charge is 0.440 e. The molecule has 0 unspecified atom stereocenters. The first-order valence-electron chi connectivity index (χ1n) is 11.2. The van der Waals surface area contributed by atoms with Gasteiger partial charge in [0.1, 0.15) is 5.76 Å². The van der Waals surface area contributed by atoms with Crippen LogP contribution in [0.3, 0.4) is 0 Å². The lowest BCUT2D eigenvalue weighted by Crippen LogP contribution is -2.48. The quantitative estimate of drug-likeness (QED) is 0.394.